The van der Waals surface area contributed by atoms with E-state index in [0.29, 0.717) is 34.5 Å². The smallest absolute Gasteiger partial charge is 0.242 e. The fourth-order valence-corrected chi connectivity index (χ4v) is 2.81. The van der Waals surface area contributed by atoms with Crippen LogP contribution < -0.4 is 15.4 Å². The van der Waals surface area contributed by atoms with Gasteiger partial charge in [0.1, 0.15) is 11.5 Å². The van der Waals surface area contributed by atoms with Gasteiger partial charge in [0.05, 0.1) is 25.4 Å². The molecule has 1 atom stereocenters. The molecule has 0 aliphatic rings. The number of carbonyl (C=O) groups excluding carboxylic acids is 2. The van der Waals surface area contributed by atoms with E-state index in [1.54, 1.807) is 43.1 Å². The first-order valence-corrected chi connectivity index (χ1v) is 8.79. The molecule has 0 aliphatic heterocycles. The van der Waals surface area contributed by atoms with E-state index in [9.17, 15) is 9.59 Å². The van der Waals surface area contributed by atoms with E-state index in [-0.39, 0.29) is 18.4 Å². The van der Waals surface area contributed by atoms with Gasteiger partial charge in [-0.1, -0.05) is 23.7 Å². The number of hydrogen-bond acceptors (Lipinski definition) is 6. The molecule has 0 radical (unpaired) electrons. The van der Waals surface area contributed by atoms with Crippen molar-refractivity contribution in [3.05, 3.63) is 35.0 Å². The normalized spacial score (nSPS) is 11.9. The third kappa shape index (κ3) is 5.70. The van der Waals surface area contributed by atoms with Gasteiger partial charge in [-0.05, 0) is 38.6 Å². The quantitative estimate of drug-likeness (QED) is 0.714. The average Bonchev–Trinajstić information content (AvgIpc) is 3.00. The van der Waals surface area contributed by atoms with Gasteiger partial charge in [0.2, 0.25) is 11.8 Å². The number of rotatable bonds is 8. The lowest BCUT2D eigenvalue weighted by Crippen LogP contribution is -2.44. The Labute approximate surface area is 162 Å². The third-order valence-corrected chi connectivity index (χ3v) is 4.16. The van der Waals surface area contributed by atoms with Crippen molar-refractivity contribution in [3.63, 3.8) is 0 Å². The highest BCUT2D eigenvalue weighted by molar-refractivity contribution is 6.31. The number of likely N-dealkylation sites (N-methyl/N-ethyl adjacent to an activating group) is 1. The molecule has 1 aromatic heterocycles. The van der Waals surface area contributed by atoms with Crippen LogP contribution in [0.2, 0.25) is 5.02 Å². The van der Waals surface area contributed by atoms with Crippen molar-refractivity contribution < 1.29 is 18.8 Å². The highest BCUT2D eigenvalue weighted by Crippen LogP contribution is 2.27. The van der Waals surface area contributed by atoms with Gasteiger partial charge in [-0.3, -0.25) is 14.5 Å². The summed E-state index contributed by atoms with van der Waals surface area (Å²) < 4.78 is 10.2. The molecular weight excluding hydrogens is 372 g/mol. The summed E-state index contributed by atoms with van der Waals surface area (Å²) >= 11 is 5.97. The lowest BCUT2D eigenvalue weighted by Gasteiger charge is -2.25. The van der Waals surface area contributed by atoms with Crippen LogP contribution in [-0.4, -0.2) is 48.6 Å². The molecule has 0 bridgehead atoms. The van der Waals surface area contributed by atoms with E-state index in [1.165, 1.54) is 7.11 Å². The van der Waals surface area contributed by atoms with Crippen LogP contribution in [0.1, 0.15) is 19.1 Å². The van der Waals surface area contributed by atoms with E-state index in [0.717, 1.165) is 0 Å². The van der Waals surface area contributed by atoms with Crippen molar-refractivity contribution in [2.45, 2.75) is 26.3 Å². The Morgan fingerprint density at radius 1 is 1.33 bits per heavy atom. The molecule has 1 unspecified atom stereocenters. The molecule has 2 aromatic rings. The minimum absolute atomic E-state index is 0.0133. The maximum atomic E-state index is 12.5. The van der Waals surface area contributed by atoms with Crippen molar-refractivity contribution >= 4 is 34.9 Å². The van der Waals surface area contributed by atoms with Gasteiger partial charge in [0, 0.05) is 11.1 Å². The Morgan fingerprint density at radius 3 is 2.67 bits per heavy atom. The number of aromatic nitrogens is 1. The SMILES string of the molecule is CCC(C(=O)Nc1cc(C)on1)N(C)CC(=O)Nc1cc(Cl)ccc1OC. The number of aryl methyl sites for hydroxylation is 1. The van der Waals surface area contributed by atoms with Gasteiger partial charge < -0.3 is 19.9 Å². The minimum atomic E-state index is -0.506. The summed E-state index contributed by atoms with van der Waals surface area (Å²) in [5.74, 6) is 0.892. The van der Waals surface area contributed by atoms with Crippen LogP contribution in [0, 0.1) is 6.92 Å². The summed E-state index contributed by atoms with van der Waals surface area (Å²) in [6.45, 7) is 3.62. The standard InChI is InChI=1S/C18H23ClN4O4/c1-5-14(18(25)21-16-8-11(2)27-22-16)23(3)10-17(24)20-13-9-12(19)6-7-15(13)26-4/h6-9,14H,5,10H2,1-4H3,(H,20,24)(H,21,22,25). The highest BCUT2D eigenvalue weighted by atomic mass is 35.5. The molecule has 1 aromatic carbocycles. The van der Waals surface area contributed by atoms with Crippen molar-refractivity contribution in [2.75, 3.05) is 31.3 Å². The van der Waals surface area contributed by atoms with Crippen molar-refractivity contribution in [2.24, 2.45) is 0 Å². The molecule has 0 fully saturated rings. The summed E-state index contributed by atoms with van der Waals surface area (Å²) in [5, 5.41) is 9.67. The van der Waals surface area contributed by atoms with Crippen LogP contribution in [0.3, 0.4) is 0 Å². The van der Waals surface area contributed by atoms with Crippen LogP contribution in [-0.2, 0) is 9.59 Å². The molecule has 27 heavy (non-hydrogen) atoms. The third-order valence-electron chi connectivity index (χ3n) is 3.93. The molecule has 8 nitrogen and oxygen atoms in total. The fourth-order valence-electron chi connectivity index (χ4n) is 2.64. The number of methoxy groups -OCH3 is 1. The molecular formula is C18H23ClN4O4. The van der Waals surface area contributed by atoms with Crippen molar-refractivity contribution in [1.82, 2.24) is 10.1 Å². The average molecular weight is 395 g/mol. The van der Waals surface area contributed by atoms with E-state index < -0.39 is 6.04 Å². The number of nitrogens with one attached hydrogen (secondary N) is 2. The zero-order chi connectivity index (χ0) is 20.0. The minimum Gasteiger partial charge on any atom is -0.495 e. The Kier molecular flexibility index (Phi) is 7.20. The Morgan fingerprint density at radius 2 is 2.07 bits per heavy atom. The second-order valence-electron chi connectivity index (χ2n) is 6.04. The van der Waals surface area contributed by atoms with E-state index in [1.807, 2.05) is 6.92 Å². The second kappa shape index (κ2) is 9.38. The van der Waals surface area contributed by atoms with E-state index in [2.05, 4.69) is 15.8 Å². The number of halogens is 1. The Hall–Kier alpha value is -2.58. The van der Waals surface area contributed by atoms with Gasteiger partial charge in [-0.15, -0.1) is 0 Å². The first-order valence-electron chi connectivity index (χ1n) is 8.41. The molecule has 1 heterocycles. The number of amides is 2. The topological polar surface area (TPSA) is 96.7 Å². The van der Waals surface area contributed by atoms with Crippen molar-refractivity contribution in [1.29, 1.82) is 0 Å². The summed E-state index contributed by atoms with van der Waals surface area (Å²) in [5.41, 5.74) is 0.471. The van der Waals surface area contributed by atoms with Gasteiger partial charge in [-0.2, -0.15) is 0 Å². The predicted molar refractivity (Wildman–Crippen MR) is 103 cm³/mol. The zero-order valence-corrected chi connectivity index (χ0v) is 16.5. The zero-order valence-electron chi connectivity index (χ0n) is 15.7. The maximum absolute atomic E-state index is 12.5. The van der Waals surface area contributed by atoms with Crippen molar-refractivity contribution in [3.8, 4) is 5.75 Å². The summed E-state index contributed by atoms with van der Waals surface area (Å²) in [6, 6.07) is 6.07. The number of anilines is 2. The molecule has 0 spiro atoms. The molecule has 146 valence electrons. The number of nitrogens with zero attached hydrogens (tertiary/aromatic N) is 2. The first kappa shape index (κ1) is 20.7. The summed E-state index contributed by atoms with van der Waals surface area (Å²) in [6.07, 6.45) is 0.521. The van der Waals surface area contributed by atoms with Crippen LogP contribution >= 0.6 is 11.6 Å². The lowest BCUT2D eigenvalue weighted by atomic mass is 10.2. The lowest BCUT2D eigenvalue weighted by molar-refractivity contribution is -0.123. The number of ether oxygens (including phenoxy) is 1. The van der Waals surface area contributed by atoms with Gasteiger partial charge >= 0.3 is 0 Å². The molecule has 0 saturated carbocycles. The van der Waals surface area contributed by atoms with E-state index in [4.69, 9.17) is 20.9 Å². The van der Waals surface area contributed by atoms with Crippen LogP contribution in [0.4, 0.5) is 11.5 Å². The number of benzene rings is 1. The summed E-state index contributed by atoms with van der Waals surface area (Å²) in [7, 11) is 3.21. The second-order valence-corrected chi connectivity index (χ2v) is 6.48. The van der Waals surface area contributed by atoms with Gasteiger partial charge in [0.25, 0.3) is 0 Å². The number of hydrogen-bond donors (Lipinski definition) is 2. The van der Waals surface area contributed by atoms with Crippen LogP contribution in [0.5, 0.6) is 5.75 Å². The van der Waals surface area contributed by atoms with Gasteiger partial charge in [-0.25, -0.2) is 0 Å². The largest absolute Gasteiger partial charge is 0.495 e. The Balaban J connectivity index is 1.99. The first-order chi connectivity index (χ1) is 12.8. The maximum Gasteiger partial charge on any atom is 0.242 e. The molecule has 2 rings (SSSR count). The predicted octanol–water partition coefficient (Wildman–Crippen LogP) is 2.93. The Bertz CT molecular complexity index is 808. The van der Waals surface area contributed by atoms with Crippen LogP contribution in [0.25, 0.3) is 0 Å². The summed E-state index contributed by atoms with van der Waals surface area (Å²) in [4.78, 5) is 26.5. The fraction of sp³-hybridized carbons (Fsp3) is 0.389. The monoisotopic (exact) mass is 394 g/mol. The number of carbonyl (C=O) groups is 2. The van der Waals surface area contributed by atoms with E-state index >= 15 is 0 Å². The van der Waals surface area contributed by atoms with Crippen LogP contribution in [0.15, 0.2) is 28.8 Å². The molecule has 2 amide bonds. The van der Waals surface area contributed by atoms with Gasteiger partial charge in [0.15, 0.2) is 5.82 Å². The molecule has 0 aliphatic carbocycles. The molecule has 9 heteroatoms. The molecule has 2 N–H and O–H groups in total. The highest BCUT2D eigenvalue weighted by Gasteiger charge is 2.24. The molecule has 0 saturated heterocycles.